The van der Waals surface area contributed by atoms with Crippen molar-refractivity contribution >= 4 is 33.4 Å². The zero-order valence-electron chi connectivity index (χ0n) is 16.1. The number of nitrogens with one attached hydrogen (secondary N) is 1. The Kier molecular flexibility index (Phi) is 5.85. The van der Waals surface area contributed by atoms with Crippen molar-refractivity contribution in [2.24, 2.45) is 0 Å². The minimum atomic E-state index is -0.136. The average Bonchev–Trinajstić information content (AvgIpc) is 2.72. The van der Waals surface area contributed by atoms with Gasteiger partial charge in [-0.1, -0.05) is 41.9 Å². The molecule has 0 amide bonds. The van der Waals surface area contributed by atoms with Crippen molar-refractivity contribution < 1.29 is 4.74 Å². The number of hydrogen-bond donors (Lipinski definition) is 1. The number of halogens is 1. The molecule has 0 radical (unpaired) electrons. The fraction of sp³-hybridized carbons (Fsp3) is 0.227. The van der Waals surface area contributed by atoms with Crippen LogP contribution in [0.5, 0.6) is 0 Å². The first kappa shape index (κ1) is 19.5. The van der Waals surface area contributed by atoms with Gasteiger partial charge < -0.3 is 9.72 Å². The normalized spacial score (nSPS) is 11.6. The van der Waals surface area contributed by atoms with E-state index in [1.807, 2.05) is 42.5 Å². The second-order valence-corrected chi connectivity index (χ2v) is 7.22. The number of aromatic amines is 1. The van der Waals surface area contributed by atoms with Crippen LogP contribution in [0, 0.1) is 0 Å². The minimum Gasteiger partial charge on any atom is -0.383 e. The van der Waals surface area contributed by atoms with Crippen molar-refractivity contribution in [1.82, 2.24) is 19.9 Å². The molecule has 7 heteroatoms. The van der Waals surface area contributed by atoms with E-state index in [1.54, 1.807) is 13.2 Å². The summed E-state index contributed by atoms with van der Waals surface area (Å²) >= 11 is 6.45. The number of rotatable bonds is 7. The van der Waals surface area contributed by atoms with E-state index in [2.05, 4.69) is 25.9 Å². The number of benzene rings is 2. The SMILES string of the molecule is COCCN(Cc1nc2ccccc2c(=O)[nH]1)Cc1cc2ccccc2nc1Cl. The highest BCUT2D eigenvalue weighted by atomic mass is 35.5. The van der Waals surface area contributed by atoms with E-state index in [-0.39, 0.29) is 5.56 Å². The van der Waals surface area contributed by atoms with Gasteiger partial charge in [-0.25, -0.2) is 9.97 Å². The molecule has 2 aromatic heterocycles. The smallest absolute Gasteiger partial charge is 0.258 e. The molecule has 0 aliphatic heterocycles. The van der Waals surface area contributed by atoms with Gasteiger partial charge in [-0.05, 0) is 24.3 Å². The number of para-hydroxylation sites is 2. The molecule has 0 atom stereocenters. The zero-order valence-corrected chi connectivity index (χ0v) is 16.8. The highest BCUT2D eigenvalue weighted by Gasteiger charge is 2.13. The summed E-state index contributed by atoms with van der Waals surface area (Å²) in [5, 5.41) is 2.10. The van der Waals surface area contributed by atoms with Gasteiger partial charge in [-0.15, -0.1) is 0 Å². The molecule has 0 aliphatic rings. The molecule has 0 fully saturated rings. The molecule has 0 spiro atoms. The Balaban J connectivity index is 1.63. The number of hydrogen-bond acceptors (Lipinski definition) is 5. The quantitative estimate of drug-likeness (QED) is 0.471. The van der Waals surface area contributed by atoms with Crippen LogP contribution in [0.3, 0.4) is 0 Å². The lowest BCUT2D eigenvalue weighted by molar-refractivity contribution is 0.138. The van der Waals surface area contributed by atoms with Gasteiger partial charge in [0.1, 0.15) is 11.0 Å². The van der Waals surface area contributed by atoms with Gasteiger partial charge in [0, 0.05) is 31.1 Å². The van der Waals surface area contributed by atoms with Crippen LogP contribution in [0.2, 0.25) is 5.15 Å². The monoisotopic (exact) mass is 408 g/mol. The molecule has 0 saturated heterocycles. The molecule has 0 saturated carbocycles. The van der Waals surface area contributed by atoms with Crippen LogP contribution in [0.4, 0.5) is 0 Å². The third-order valence-electron chi connectivity index (χ3n) is 4.79. The zero-order chi connectivity index (χ0) is 20.2. The van der Waals surface area contributed by atoms with Crippen LogP contribution in [0.25, 0.3) is 21.8 Å². The number of nitrogens with zero attached hydrogens (tertiary/aromatic N) is 3. The molecule has 2 aromatic carbocycles. The van der Waals surface area contributed by atoms with Crippen LogP contribution in [0.15, 0.2) is 59.4 Å². The summed E-state index contributed by atoms with van der Waals surface area (Å²) in [4.78, 5) is 26.5. The molecular weight excluding hydrogens is 388 g/mol. The maximum atomic E-state index is 12.4. The molecule has 0 aliphatic carbocycles. The minimum absolute atomic E-state index is 0.136. The van der Waals surface area contributed by atoms with Gasteiger partial charge >= 0.3 is 0 Å². The topological polar surface area (TPSA) is 71.1 Å². The van der Waals surface area contributed by atoms with Crippen LogP contribution in [-0.2, 0) is 17.8 Å². The summed E-state index contributed by atoms with van der Waals surface area (Å²) in [5.74, 6) is 0.606. The summed E-state index contributed by atoms with van der Waals surface area (Å²) in [6.07, 6.45) is 0. The third-order valence-corrected chi connectivity index (χ3v) is 5.12. The summed E-state index contributed by atoms with van der Waals surface area (Å²) in [5.41, 5.74) is 2.33. The van der Waals surface area contributed by atoms with Crippen LogP contribution >= 0.6 is 11.6 Å². The Morgan fingerprint density at radius 1 is 1.03 bits per heavy atom. The Bertz CT molecular complexity index is 1210. The lowest BCUT2D eigenvalue weighted by Crippen LogP contribution is -2.29. The van der Waals surface area contributed by atoms with E-state index in [0.29, 0.717) is 48.1 Å². The largest absolute Gasteiger partial charge is 0.383 e. The fourth-order valence-corrected chi connectivity index (χ4v) is 3.55. The first-order valence-corrected chi connectivity index (χ1v) is 9.75. The number of ether oxygens (including phenoxy) is 1. The first-order chi connectivity index (χ1) is 14.1. The van der Waals surface area contributed by atoms with Gasteiger partial charge in [-0.2, -0.15) is 0 Å². The van der Waals surface area contributed by atoms with E-state index in [9.17, 15) is 4.79 Å². The fourth-order valence-electron chi connectivity index (χ4n) is 3.34. The number of H-pyrrole nitrogens is 1. The molecule has 148 valence electrons. The van der Waals surface area contributed by atoms with E-state index in [0.717, 1.165) is 16.5 Å². The molecule has 2 heterocycles. The number of aromatic nitrogens is 3. The molecule has 0 unspecified atom stereocenters. The molecule has 29 heavy (non-hydrogen) atoms. The number of pyridine rings is 1. The molecule has 1 N–H and O–H groups in total. The second kappa shape index (κ2) is 8.69. The molecule has 4 aromatic rings. The lowest BCUT2D eigenvalue weighted by Gasteiger charge is -2.22. The van der Waals surface area contributed by atoms with Crippen molar-refractivity contribution in [3.63, 3.8) is 0 Å². The van der Waals surface area contributed by atoms with Crippen molar-refractivity contribution in [3.8, 4) is 0 Å². The second-order valence-electron chi connectivity index (χ2n) is 6.86. The van der Waals surface area contributed by atoms with Crippen molar-refractivity contribution in [2.75, 3.05) is 20.3 Å². The van der Waals surface area contributed by atoms with E-state index in [4.69, 9.17) is 16.3 Å². The summed E-state index contributed by atoms with van der Waals surface area (Å²) < 4.78 is 5.26. The third kappa shape index (κ3) is 4.45. The standard InChI is InChI=1S/C22H21ClN4O2/c1-29-11-10-27(13-16-12-15-6-2-4-8-18(15)25-21(16)23)14-20-24-19-9-5-3-7-17(19)22(28)26-20/h2-9,12H,10-11,13-14H2,1H3,(H,24,26,28). The maximum Gasteiger partial charge on any atom is 0.258 e. The molecule has 0 bridgehead atoms. The van der Waals surface area contributed by atoms with Crippen molar-refractivity contribution in [1.29, 1.82) is 0 Å². The van der Waals surface area contributed by atoms with E-state index < -0.39 is 0 Å². The Morgan fingerprint density at radius 3 is 2.62 bits per heavy atom. The Morgan fingerprint density at radius 2 is 1.79 bits per heavy atom. The van der Waals surface area contributed by atoms with Crippen LogP contribution in [0.1, 0.15) is 11.4 Å². The van der Waals surface area contributed by atoms with Gasteiger partial charge in [0.2, 0.25) is 0 Å². The summed E-state index contributed by atoms with van der Waals surface area (Å²) in [6.45, 7) is 2.25. The Labute approximate surface area is 173 Å². The first-order valence-electron chi connectivity index (χ1n) is 9.37. The van der Waals surface area contributed by atoms with E-state index >= 15 is 0 Å². The molecule has 6 nitrogen and oxygen atoms in total. The Hall–Kier alpha value is -2.80. The highest BCUT2D eigenvalue weighted by Crippen LogP contribution is 2.22. The van der Waals surface area contributed by atoms with Crippen molar-refractivity contribution in [2.45, 2.75) is 13.1 Å². The van der Waals surface area contributed by atoms with Gasteiger partial charge in [0.25, 0.3) is 5.56 Å². The van der Waals surface area contributed by atoms with Crippen LogP contribution in [-0.4, -0.2) is 40.1 Å². The lowest BCUT2D eigenvalue weighted by atomic mass is 10.1. The number of fused-ring (bicyclic) bond motifs is 2. The molecule has 4 rings (SSSR count). The predicted molar refractivity (Wildman–Crippen MR) is 115 cm³/mol. The molecular formula is C22H21ClN4O2. The summed E-state index contributed by atoms with van der Waals surface area (Å²) in [7, 11) is 1.67. The van der Waals surface area contributed by atoms with E-state index in [1.165, 1.54) is 0 Å². The predicted octanol–water partition coefficient (Wildman–Crippen LogP) is 3.77. The van der Waals surface area contributed by atoms with Gasteiger partial charge in [-0.3, -0.25) is 9.69 Å². The van der Waals surface area contributed by atoms with Gasteiger partial charge in [0.05, 0.1) is 29.6 Å². The number of methoxy groups -OCH3 is 1. The van der Waals surface area contributed by atoms with Gasteiger partial charge in [0.15, 0.2) is 0 Å². The van der Waals surface area contributed by atoms with Crippen molar-refractivity contribution in [3.05, 3.63) is 81.5 Å². The maximum absolute atomic E-state index is 12.4. The summed E-state index contributed by atoms with van der Waals surface area (Å²) in [6, 6.07) is 17.3. The average molecular weight is 409 g/mol. The van der Waals surface area contributed by atoms with Crippen LogP contribution < -0.4 is 5.56 Å². The highest BCUT2D eigenvalue weighted by molar-refractivity contribution is 6.30.